The second kappa shape index (κ2) is 11.7. The molecule has 0 aromatic rings. The highest BCUT2D eigenvalue weighted by Crippen LogP contribution is 2.22. The van der Waals surface area contributed by atoms with Gasteiger partial charge in [-0.2, -0.15) is 12.6 Å². The van der Waals surface area contributed by atoms with Crippen LogP contribution >= 0.6 is 12.6 Å². The Hall–Kier alpha value is -2.34. The maximum absolute atomic E-state index is 13.2. The fourth-order valence-corrected chi connectivity index (χ4v) is 3.32. The molecular formula is C18H30N4O7S. The summed E-state index contributed by atoms with van der Waals surface area (Å²) in [4.78, 5) is 61.4. The average molecular weight is 447 g/mol. The van der Waals surface area contributed by atoms with Crippen molar-refractivity contribution < 1.29 is 34.2 Å². The summed E-state index contributed by atoms with van der Waals surface area (Å²) in [6.45, 7) is 3.90. The Balaban J connectivity index is 2.98. The van der Waals surface area contributed by atoms with E-state index in [1.165, 1.54) is 4.90 Å². The van der Waals surface area contributed by atoms with Crippen LogP contribution in [0.4, 0.5) is 0 Å². The van der Waals surface area contributed by atoms with Crippen LogP contribution in [-0.4, -0.2) is 81.2 Å². The number of amides is 3. The number of thiol groups is 1. The summed E-state index contributed by atoms with van der Waals surface area (Å²) in [7, 11) is 0. The predicted octanol–water partition coefficient (Wildman–Crippen LogP) is -1.19. The highest BCUT2D eigenvalue weighted by atomic mass is 32.1. The largest absolute Gasteiger partial charge is 0.481 e. The molecule has 1 rings (SSSR count). The molecule has 0 aromatic heterocycles. The van der Waals surface area contributed by atoms with Gasteiger partial charge in [-0.3, -0.25) is 19.2 Å². The number of carboxylic acid groups (broad SMARTS) is 2. The first-order chi connectivity index (χ1) is 14.0. The van der Waals surface area contributed by atoms with Crippen molar-refractivity contribution in [3.63, 3.8) is 0 Å². The van der Waals surface area contributed by atoms with E-state index in [0.29, 0.717) is 19.3 Å². The minimum absolute atomic E-state index is 0.0994. The molecule has 0 spiro atoms. The molecule has 5 unspecified atom stereocenters. The van der Waals surface area contributed by atoms with Crippen LogP contribution in [0, 0.1) is 5.92 Å². The number of rotatable bonds is 11. The lowest BCUT2D eigenvalue weighted by molar-refractivity contribution is -0.148. The molecule has 3 amide bonds. The Morgan fingerprint density at radius 2 is 1.83 bits per heavy atom. The average Bonchev–Trinajstić information content (AvgIpc) is 3.19. The van der Waals surface area contributed by atoms with Crippen molar-refractivity contribution in [1.29, 1.82) is 0 Å². The van der Waals surface area contributed by atoms with Gasteiger partial charge in [-0.1, -0.05) is 20.3 Å². The Bertz CT molecular complexity index is 675. The van der Waals surface area contributed by atoms with E-state index in [4.69, 9.17) is 15.9 Å². The SMILES string of the molecule is CCC(C)C(NC(=O)C(N)CS)C(=O)N1CCCC1C(=O)NC(CC(=O)O)C(=O)O. The van der Waals surface area contributed by atoms with Gasteiger partial charge < -0.3 is 31.5 Å². The van der Waals surface area contributed by atoms with Gasteiger partial charge in [0.05, 0.1) is 12.5 Å². The Morgan fingerprint density at radius 1 is 1.20 bits per heavy atom. The van der Waals surface area contributed by atoms with E-state index in [1.807, 2.05) is 6.92 Å². The maximum Gasteiger partial charge on any atom is 0.326 e. The Kier molecular flexibility index (Phi) is 10.1. The molecule has 1 fully saturated rings. The van der Waals surface area contributed by atoms with E-state index in [9.17, 15) is 24.0 Å². The van der Waals surface area contributed by atoms with Crippen molar-refractivity contribution in [2.24, 2.45) is 11.7 Å². The van der Waals surface area contributed by atoms with Crippen LogP contribution in [0.15, 0.2) is 0 Å². The number of carbonyl (C=O) groups excluding carboxylic acids is 3. The first-order valence-corrected chi connectivity index (χ1v) is 10.4. The molecular weight excluding hydrogens is 416 g/mol. The van der Waals surface area contributed by atoms with Gasteiger partial charge in [0, 0.05) is 12.3 Å². The number of nitrogens with one attached hydrogen (secondary N) is 2. The van der Waals surface area contributed by atoms with Gasteiger partial charge in [0.2, 0.25) is 17.7 Å². The molecule has 1 aliphatic heterocycles. The summed E-state index contributed by atoms with van der Waals surface area (Å²) in [6, 6.07) is -4.35. The molecule has 0 saturated carbocycles. The van der Waals surface area contributed by atoms with Gasteiger partial charge in [-0.25, -0.2) is 4.79 Å². The summed E-state index contributed by atoms with van der Waals surface area (Å²) in [5.74, 6) is -4.73. The number of hydrogen-bond acceptors (Lipinski definition) is 7. The van der Waals surface area contributed by atoms with E-state index in [2.05, 4.69) is 23.3 Å². The van der Waals surface area contributed by atoms with E-state index >= 15 is 0 Å². The molecule has 12 heteroatoms. The lowest BCUT2D eigenvalue weighted by Crippen LogP contribution is -2.58. The first-order valence-electron chi connectivity index (χ1n) is 9.75. The minimum atomic E-state index is -1.61. The highest BCUT2D eigenvalue weighted by Gasteiger charge is 2.40. The van der Waals surface area contributed by atoms with Crippen LogP contribution in [0.2, 0.25) is 0 Å². The zero-order valence-corrected chi connectivity index (χ0v) is 17.9. The smallest absolute Gasteiger partial charge is 0.326 e. The summed E-state index contributed by atoms with van der Waals surface area (Å²) >= 11 is 3.98. The van der Waals surface area contributed by atoms with Crippen LogP contribution in [0.3, 0.4) is 0 Å². The second-order valence-electron chi connectivity index (χ2n) is 7.35. The number of aliphatic carboxylic acids is 2. The van der Waals surface area contributed by atoms with E-state index < -0.39 is 60.2 Å². The number of nitrogens with two attached hydrogens (primary N) is 1. The fraction of sp³-hybridized carbons (Fsp3) is 0.722. The van der Waals surface area contributed by atoms with Crippen molar-refractivity contribution in [2.75, 3.05) is 12.3 Å². The number of carboxylic acids is 2. The molecule has 170 valence electrons. The van der Waals surface area contributed by atoms with Gasteiger partial charge in [-0.05, 0) is 18.8 Å². The zero-order valence-electron chi connectivity index (χ0n) is 17.0. The number of hydrogen-bond donors (Lipinski definition) is 6. The molecule has 6 N–H and O–H groups in total. The lowest BCUT2D eigenvalue weighted by atomic mass is 9.97. The number of carbonyl (C=O) groups is 5. The zero-order chi connectivity index (χ0) is 23.0. The molecule has 0 bridgehead atoms. The highest BCUT2D eigenvalue weighted by molar-refractivity contribution is 7.80. The molecule has 0 aromatic carbocycles. The number of likely N-dealkylation sites (tertiary alicyclic amines) is 1. The van der Waals surface area contributed by atoms with Crippen LogP contribution < -0.4 is 16.4 Å². The topological polar surface area (TPSA) is 179 Å². The third-order valence-electron chi connectivity index (χ3n) is 5.14. The number of nitrogens with zero attached hydrogens (tertiary/aromatic N) is 1. The summed E-state index contributed by atoms with van der Waals surface area (Å²) in [5, 5.41) is 22.8. The molecule has 1 aliphatic rings. The Labute approximate surface area is 180 Å². The molecule has 1 heterocycles. The first kappa shape index (κ1) is 25.7. The van der Waals surface area contributed by atoms with Gasteiger partial charge >= 0.3 is 11.9 Å². The van der Waals surface area contributed by atoms with Crippen LogP contribution in [0.5, 0.6) is 0 Å². The quantitative estimate of drug-likeness (QED) is 0.214. The Morgan fingerprint density at radius 3 is 2.33 bits per heavy atom. The summed E-state index contributed by atoms with van der Waals surface area (Å²) in [6.07, 6.45) is 0.609. The summed E-state index contributed by atoms with van der Waals surface area (Å²) in [5.41, 5.74) is 5.68. The van der Waals surface area contributed by atoms with Crippen molar-refractivity contribution in [3.8, 4) is 0 Å². The van der Waals surface area contributed by atoms with Crippen molar-refractivity contribution in [2.45, 2.75) is 63.7 Å². The van der Waals surface area contributed by atoms with Gasteiger partial charge in [0.25, 0.3) is 0 Å². The van der Waals surface area contributed by atoms with Crippen LogP contribution in [-0.2, 0) is 24.0 Å². The van der Waals surface area contributed by atoms with Crippen molar-refractivity contribution in [3.05, 3.63) is 0 Å². The van der Waals surface area contributed by atoms with E-state index in [0.717, 1.165) is 0 Å². The van der Waals surface area contributed by atoms with Crippen molar-refractivity contribution >= 4 is 42.3 Å². The third-order valence-corrected chi connectivity index (χ3v) is 5.54. The van der Waals surface area contributed by atoms with Crippen molar-refractivity contribution in [1.82, 2.24) is 15.5 Å². The van der Waals surface area contributed by atoms with Crippen LogP contribution in [0.1, 0.15) is 39.5 Å². The van der Waals surface area contributed by atoms with Gasteiger partial charge in [0.15, 0.2) is 0 Å². The molecule has 11 nitrogen and oxygen atoms in total. The van der Waals surface area contributed by atoms with E-state index in [1.54, 1.807) is 6.92 Å². The molecule has 30 heavy (non-hydrogen) atoms. The standard InChI is InChI=1S/C18H30N4O7S/c1-3-9(2)14(21-15(25)10(19)8-30)17(27)22-6-4-5-12(22)16(26)20-11(18(28)29)7-13(23)24/h9-12,14,30H,3-8,19H2,1-2H3,(H,20,26)(H,21,25)(H,23,24)(H,28,29). The predicted molar refractivity (Wildman–Crippen MR) is 110 cm³/mol. The van der Waals surface area contributed by atoms with Gasteiger partial charge in [0.1, 0.15) is 18.1 Å². The maximum atomic E-state index is 13.2. The van der Waals surface area contributed by atoms with Crippen LogP contribution in [0.25, 0.3) is 0 Å². The monoisotopic (exact) mass is 446 g/mol. The molecule has 0 radical (unpaired) electrons. The third kappa shape index (κ3) is 6.87. The lowest BCUT2D eigenvalue weighted by Gasteiger charge is -2.32. The summed E-state index contributed by atoms with van der Waals surface area (Å²) < 4.78 is 0. The normalized spacial score (nSPS) is 20.0. The molecule has 1 saturated heterocycles. The second-order valence-corrected chi connectivity index (χ2v) is 7.71. The molecule has 0 aliphatic carbocycles. The molecule has 5 atom stereocenters. The van der Waals surface area contributed by atoms with E-state index in [-0.39, 0.29) is 18.2 Å². The van der Waals surface area contributed by atoms with Gasteiger partial charge in [-0.15, -0.1) is 0 Å². The fourth-order valence-electron chi connectivity index (χ4n) is 3.15. The minimum Gasteiger partial charge on any atom is -0.481 e.